The number of phenols is 3. The van der Waals surface area contributed by atoms with Crippen LogP contribution in [0.1, 0.15) is 6.92 Å². The Labute approximate surface area is 225 Å². The van der Waals surface area contributed by atoms with Gasteiger partial charge in [-0.25, -0.2) is 0 Å². The molecule has 3 aromatic rings. The van der Waals surface area contributed by atoms with Crippen LogP contribution in [0.3, 0.4) is 0 Å². The van der Waals surface area contributed by atoms with Crippen LogP contribution in [0.15, 0.2) is 45.6 Å². The highest BCUT2D eigenvalue weighted by molar-refractivity contribution is 5.86. The first kappa shape index (κ1) is 28.1. The topological polar surface area (TPSA) is 229 Å². The van der Waals surface area contributed by atoms with E-state index in [9.17, 15) is 45.6 Å². The lowest BCUT2D eigenvalue weighted by Gasteiger charge is -2.44. The highest BCUT2D eigenvalue weighted by Gasteiger charge is 2.48. The van der Waals surface area contributed by atoms with Crippen molar-refractivity contribution in [3.05, 3.63) is 46.6 Å². The van der Waals surface area contributed by atoms with Gasteiger partial charge in [0.15, 0.2) is 23.2 Å². The average molecular weight is 564 g/mol. The first-order valence-corrected chi connectivity index (χ1v) is 12.3. The van der Waals surface area contributed by atoms with Crippen LogP contribution in [0.2, 0.25) is 0 Å². The van der Waals surface area contributed by atoms with Crippen molar-refractivity contribution in [2.45, 2.75) is 62.2 Å². The van der Waals surface area contributed by atoms with Crippen molar-refractivity contribution in [1.82, 2.24) is 0 Å². The molecule has 0 radical (unpaired) electrons. The molecule has 0 spiro atoms. The van der Waals surface area contributed by atoms with E-state index in [1.807, 2.05) is 0 Å². The van der Waals surface area contributed by atoms with Crippen LogP contribution < -0.4 is 10.2 Å². The number of benzene rings is 2. The maximum atomic E-state index is 12.7. The van der Waals surface area contributed by atoms with Gasteiger partial charge in [-0.15, -0.1) is 0 Å². The van der Waals surface area contributed by atoms with Gasteiger partial charge in [0.05, 0.1) is 12.7 Å². The molecule has 9 atom stereocenters. The van der Waals surface area contributed by atoms with E-state index in [0.717, 1.165) is 12.1 Å². The fourth-order valence-corrected chi connectivity index (χ4v) is 4.61. The molecule has 2 saturated heterocycles. The zero-order chi connectivity index (χ0) is 28.9. The highest BCUT2D eigenvalue weighted by Crippen LogP contribution is 2.35. The summed E-state index contributed by atoms with van der Waals surface area (Å²) < 4.78 is 27.8. The van der Waals surface area contributed by atoms with Crippen molar-refractivity contribution in [2.24, 2.45) is 0 Å². The Morgan fingerprint density at radius 1 is 0.825 bits per heavy atom. The van der Waals surface area contributed by atoms with Crippen molar-refractivity contribution in [2.75, 3.05) is 6.61 Å². The molecule has 216 valence electrons. The fraction of sp³-hybridized carbons (Fsp3) is 0.423. The average Bonchev–Trinajstić information content (AvgIpc) is 2.90. The minimum absolute atomic E-state index is 0.0205. The van der Waals surface area contributed by atoms with E-state index < -0.39 is 72.2 Å². The quantitative estimate of drug-likeness (QED) is 0.178. The first-order valence-electron chi connectivity index (χ1n) is 12.3. The normalized spacial score (nSPS) is 32.7. The maximum absolute atomic E-state index is 12.7. The van der Waals surface area contributed by atoms with Gasteiger partial charge in [0.25, 0.3) is 0 Å². The molecule has 14 heteroatoms. The third kappa shape index (κ3) is 5.18. The standard InChI is InChI=1S/C26H28O14/c1-9-24(40-25-22(34)20(32)16(31)8-36-25)21(33)23(35)26(37-9)38-11-5-14(29)19-15(30)7-17(39-18(19)6-11)10-2-3-12(27)13(28)4-10/h2-7,9,16,20-29,31-35H,8H2,1H3/t9-,16-,20-,21+,22-,23-,24+,25-,26+/m1/s1. The van der Waals surface area contributed by atoms with E-state index in [0.29, 0.717) is 0 Å². The van der Waals surface area contributed by atoms with E-state index >= 15 is 0 Å². The Bertz CT molecular complexity index is 1440. The molecule has 14 nitrogen and oxygen atoms in total. The van der Waals surface area contributed by atoms with Crippen LogP contribution in [0, 0.1) is 0 Å². The van der Waals surface area contributed by atoms with Crippen LogP contribution in [-0.4, -0.2) is 103 Å². The van der Waals surface area contributed by atoms with Gasteiger partial charge >= 0.3 is 0 Å². The largest absolute Gasteiger partial charge is 0.507 e. The third-order valence-corrected chi connectivity index (χ3v) is 6.82. The molecular formula is C26H28O14. The summed E-state index contributed by atoms with van der Waals surface area (Å²) in [4.78, 5) is 12.7. The molecular weight excluding hydrogens is 536 g/mol. The predicted octanol–water partition coefficient (Wildman–Crippen LogP) is -0.754. The van der Waals surface area contributed by atoms with Gasteiger partial charge in [-0.2, -0.15) is 0 Å². The molecule has 2 aliphatic heterocycles. The first-order chi connectivity index (χ1) is 18.9. The molecule has 0 amide bonds. The van der Waals surface area contributed by atoms with Crippen molar-refractivity contribution in [3.8, 4) is 34.3 Å². The van der Waals surface area contributed by atoms with Gasteiger partial charge in [-0.05, 0) is 25.1 Å². The lowest BCUT2D eigenvalue weighted by molar-refractivity contribution is -0.334. The summed E-state index contributed by atoms with van der Waals surface area (Å²) in [5, 5.41) is 80.7. The van der Waals surface area contributed by atoms with Gasteiger partial charge in [0, 0.05) is 23.8 Å². The summed E-state index contributed by atoms with van der Waals surface area (Å²) >= 11 is 0. The molecule has 5 rings (SSSR count). The molecule has 0 aliphatic carbocycles. The summed E-state index contributed by atoms with van der Waals surface area (Å²) in [6, 6.07) is 7.27. The summed E-state index contributed by atoms with van der Waals surface area (Å²) in [6.07, 6.45) is -12.9. The van der Waals surface area contributed by atoms with Gasteiger partial charge < -0.3 is 64.2 Å². The second kappa shape index (κ2) is 10.8. The number of ether oxygens (including phenoxy) is 4. The zero-order valence-electron chi connectivity index (χ0n) is 20.9. The van der Waals surface area contributed by atoms with E-state index in [2.05, 4.69) is 0 Å². The van der Waals surface area contributed by atoms with Gasteiger partial charge in [0.2, 0.25) is 6.29 Å². The summed E-state index contributed by atoms with van der Waals surface area (Å²) in [5.74, 6) is -1.37. The number of phenolic OH excluding ortho intramolecular Hbond substituents is 3. The summed E-state index contributed by atoms with van der Waals surface area (Å²) in [7, 11) is 0. The molecule has 3 heterocycles. The van der Waals surface area contributed by atoms with Crippen LogP contribution >= 0.6 is 0 Å². The number of rotatable bonds is 5. The molecule has 0 bridgehead atoms. The summed E-state index contributed by atoms with van der Waals surface area (Å²) in [6.45, 7) is 1.17. The van der Waals surface area contributed by atoms with Crippen LogP contribution in [-0.2, 0) is 14.2 Å². The number of aliphatic hydroxyl groups excluding tert-OH is 5. The Morgan fingerprint density at radius 3 is 2.27 bits per heavy atom. The number of hydrogen-bond acceptors (Lipinski definition) is 14. The van der Waals surface area contributed by atoms with Gasteiger partial charge in [-0.3, -0.25) is 4.79 Å². The van der Waals surface area contributed by atoms with Crippen molar-refractivity contribution in [3.63, 3.8) is 0 Å². The minimum Gasteiger partial charge on any atom is -0.507 e. The SMILES string of the molecule is C[C@H]1O[C@@H](Oc2cc(O)c3c(=O)cc(-c4ccc(O)c(O)c4)oc3c2)[C@H](O)[C@H](O)[C@H]1O[C@H]1OC[C@@H](O)[C@@H](O)[C@H]1O. The Morgan fingerprint density at radius 2 is 1.55 bits per heavy atom. The van der Waals surface area contributed by atoms with Crippen LogP contribution in [0.5, 0.6) is 23.0 Å². The van der Waals surface area contributed by atoms with Gasteiger partial charge in [0.1, 0.15) is 64.9 Å². The monoisotopic (exact) mass is 564 g/mol. The highest BCUT2D eigenvalue weighted by atomic mass is 16.7. The molecule has 40 heavy (non-hydrogen) atoms. The summed E-state index contributed by atoms with van der Waals surface area (Å²) in [5.41, 5.74) is -0.437. The zero-order valence-corrected chi connectivity index (χ0v) is 20.9. The number of aliphatic hydroxyl groups is 5. The number of fused-ring (bicyclic) bond motifs is 1. The minimum atomic E-state index is -1.70. The van der Waals surface area contributed by atoms with Gasteiger partial charge in [-0.1, -0.05) is 0 Å². The molecule has 8 N–H and O–H groups in total. The van der Waals surface area contributed by atoms with E-state index in [-0.39, 0.29) is 40.4 Å². The third-order valence-electron chi connectivity index (χ3n) is 6.82. The van der Waals surface area contributed by atoms with E-state index in [4.69, 9.17) is 23.4 Å². The van der Waals surface area contributed by atoms with Crippen LogP contribution in [0.4, 0.5) is 0 Å². The second-order valence-corrected chi connectivity index (χ2v) is 9.65. The smallest absolute Gasteiger partial charge is 0.229 e. The molecule has 2 aliphatic rings. The maximum Gasteiger partial charge on any atom is 0.229 e. The van der Waals surface area contributed by atoms with Crippen molar-refractivity contribution in [1.29, 1.82) is 0 Å². The molecule has 0 unspecified atom stereocenters. The lowest BCUT2D eigenvalue weighted by Crippen LogP contribution is -2.62. The molecule has 1 aromatic heterocycles. The van der Waals surface area contributed by atoms with E-state index in [1.165, 1.54) is 31.2 Å². The molecule has 0 saturated carbocycles. The Balaban J connectivity index is 1.36. The second-order valence-electron chi connectivity index (χ2n) is 9.65. The Kier molecular flexibility index (Phi) is 7.60. The van der Waals surface area contributed by atoms with E-state index in [1.54, 1.807) is 0 Å². The predicted molar refractivity (Wildman–Crippen MR) is 133 cm³/mol. The molecule has 2 fully saturated rings. The van der Waals surface area contributed by atoms with Crippen molar-refractivity contribution < 1.29 is 64.2 Å². The van der Waals surface area contributed by atoms with Crippen LogP contribution in [0.25, 0.3) is 22.3 Å². The lowest BCUT2D eigenvalue weighted by atomic mass is 9.99. The Hall–Kier alpha value is -3.47. The molecule has 2 aromatic carbocycles. The fourth-order valence-electron chi connectivity index (χ4n) is 4.61. The van der Waals surface area contributed by atoms with Crippen molar-refractivity contribution >= 4 is 11.0 Å². The number of hydrogen-bond donors (Lipinski definition) is 8. The number of aromatic hydroxyl groups is 3.